The monoisotopic (exact) mass is 486 g/mol. The lowest BCUT2D eigenvalue weighted by molar-refractivity contribution is -0.124. The van der Waals surface area contributed by atoms with Crippen LogP contribution in [-0.2, 0) is 14.4 Å². The van der Waals surface area contributed by atoms with Crippen molar-refractivity contribution in [1.29, 1.82) is 0 Å². The Morgan fingerprint density at radius 3 is 1.97 bits per heavy atom. The highest BCUT2D eigenvalue weighted by atomic mass is 32.1. The van der Waals surface area contributed by atoms with E-state index < -0.39 is 5.91 Å². The Kier molecular flexibility index (Phi) is 55.9. The molecule has 0 aromatic carbocycles. The molecule has 0 rings (SSSR count). The molecule has 0 aromatic rings. The maximum Gasteiger partial charge on any atom is 0.236 e. The van der Waals surface area contributed by atoms with Crippen LogP contribution in [0.4, 0.5) is 0 Å². The molecule has 31 heavy (non-hydrogen) atoms. The van der Waals surface area contributed by atoms with Gasteiger partial charge in [0.05, 0.1) is 6.54 Å². The van der Waals surface area contributed by atoms with Gasteiger partial charge in [-0.25, -0.2) is 0 Å². The molecule has 9 nitrogen and oxygen atoms in total. The first-order valence-electron chi connectivity index (χ1n) is 10.5. The molecule has 1 atom stereocenters. The molecule has 0 radical (unpaired) electrons. The Labute approximate surface area is 201 Å². The van der Waals surface area contributed by atoms with Crippen molar-refractivity contribution in [1.82, 2.24) is 21.3 Å². The van der Waals surface area contributed by atoms with E-state index in [-0.39, 0.29) is 25.4 Å². The quantitative estimate of drug-likeness (QED) is 0.102. The van der Waals surface area contributed by atoms with Crippen LogP contribution in [0.15, 0.2) is 0 Å². The average molecular weight is 487 g/mol. The van der Waals surface area contributed by atoms with E-state index in [1.165, 1.54) is 32.1 Å². The zero-order valence-electron chi connectivity index (χ0n) is 20.5. The molecular weight excluding hydrogens is 436 g/mol. The molecule has 0 spiro atoms. The van der Waals surface area contributed by atoms with Crippen molar-refractivity contribution in [2.24, 2.45) is 11.5 Å². The number of carbonyl (C=O) groups excluding carboxylic acids is 3. The molecule has 0 saturated carbocycles. The summed E-state index contributed by atoms with van der Waals surface area (Å²) in [7, 11) is 4.02. The zero-order valence-corrected chi connectivity index (χ0v) is 22.3. The highest BCUT2D eigenvalue weighted by molar-refractivity contribution is 7.79. The molecule has 0 bridgehead atoms. The third kappa shape index (κ3) is 58.6. The molecule has 3 amide bonds. The minimum absolute atomic E-state index is 0.145. The van der Waals surface area contributed by atoms with E-state index in [2.05, 4.69) is 60.4 Å². The van der Waals surface area contributed by atoms with Gasteiger partial charge in [-0.15, -0.1) is 0 Å². The van der Waals surface area contributed by atoms with Gasteiger partial charge in [-0.3, -0.25) is 14.4 Å². The number of nitrogens with one attached hydrogen (secondary N) is 4. The number of primary amides is 1. The molecular formula is C20H50N6O3S2. The van der Waals surface area contributed by atoms with Crippen molar-refractivity contribution in [3.8, 4) is 0 Å². The van der Waals surface area contributed by atoms with Crippen molar-refractivity contribution >= 4 is 43.5 Å². The molecule has 0 saturated heterocycles. The second-order valence-corrected chi connectivity index (χ2v) is 6.00. The molecule has 0 fully saturated rings. The summed E-state index contributed by atoms with van der Waals surface area (Å²) in [6.45, 7) is 6.44. The van der Waals surface area contributed by atoms with Crippen molar-refractivity contribution < 1.29 is 14.4 Å². The largest absolute Gasteiger partial charge is 0.368 e. The van der Waals surface area contributed by atoms with Gasteiger partial charge in [0.1, 0.15) is 0 Å². The number of rotatable bonds is 14. The summed E-state index contributed by atoms with van der Waals surface area (Å²) in [5.41, 5.74) is 9.91. The van der Waals surface area contributed by atoms with Crippen LogP contribution in [-0.4, -0.2) is 77.1 Å². The van der Waals surface area contributed by atoms with E-state index in [4.69, 9.17) is 11.5 Å². The van der Waals surface area contributed by atoms with Crippen molar-refractivity contribution in [2.75, 3.05) is 52.8 Å². The van der Waals surface area contributed by atoms with Gasteiger partial charge in [0.2, 0.25) is 18.2 Å². The Morgan fingerprint density at radius 1 is 1.03 bits per heavy atom. The van der Waals surface area contributed by atoms with Crippen LogP contribution in [0.25, 0.3) is 0 Å². The number of hydrogen-bond donors (Lipinski definition) is 8. The summed E-state index contributed by atoms with van der Waals surface area (Å²) < 4.78 is 0. The van der Waals surface area contributed by atoms with Gasteiger partial charge in [0.15, 0.2) is 0 Å². The highest BCUT2D eigenvalue weighted by Gasteiger charge is 2.00. The summed E-state index contributed by atoms with van der Waals surface area (Å²) in [5, 5.41) is 10.9. The van der Waals surface area contributed by atoms with Gasteiger partial charge in [-0.1, -0.05) is 19.8 Å². The molecule has 0 aliphatic rings. The SMILES string of the molecule is CCCCN.CNCCCCC(C)NC.CS.CS.NC(=O)CNC(=O)CCNC=O. The fraction of sp³-hybridized carbons (Fsp3) is 0.850. The summed E-state index contributed by atoms with van der Waals surface area (Å²) in [4.78, 5) is 30.7. The zero-order chi connectivity index (χ0) is 25.3. The molecule has 0 aliphatic heterocycles. The van der Waals surface area contributed by atoms with Crippen molar-refractivity contribution in [2.45, 2.75) is 58.4 Å². The molecule has 8 N–H and O–H groups in total. The maximum atomic E-state index is 10.7. The molecule has 0 heterocycles. The van der Waals surface area contributed by atoms with Gasteiger partial charge in [-0.2, -0.15) is 25.3 Å². The molecule has 1 unspecified atom stereocenters. The lowest BCUT2D eigenvalue weighted by Gasteiger charge is -2.08. The van der Waals surface area contributed by atoms with Gasteiger partial charge < -0.3 is 32.7 Å². The first kappa shape index (κ1) is 40.4. The molecule has 0 aliphatic carbocycles. The second kappa shape index (κ2) is 43.0. The van der Waals surface area contributed by atoms with E-state index in [0.29, 0.717) is 12.5 Å². The van der Waals surface area contributed by atoms with Crippen LogP contribution < -0.4 is 32.7 Å². The Hall–Kier alpha value is -1.01. The molecule has 0 aromatic heterocycles. The van der Waals surface area contributed by atoms with Gasteiger partial charge in [0.25, 0.3) is 0 Å². The number of thiol groups is 2. The minimum Gasteiger partial charge on any atom is -0.368 e. The summed E-state index contributed by atoms with van der Waals surface area (Å²) in [6, 6.07) is 0.678. The predicted octanol–water partition coefficient (Wildman–Crippen LogP) is 0.545. The third-order valence-electron chi connectivity index (χ3n) is 3.40. The highest BCUT2D eigenvalue weighted by Crippen LogP contribution is 1.98. The lowest BCUT2D eigenvalue weighted by Crippen LogP contribution is -2.34. The van der Waals surface area contributed by atoms with Crippen LogP contribution in [0.3, 0.4) is 0 Å². The number of nitrogens with two attached hydrogens (primary N) is 2. The first-order chi connectivity index (χ1) is 14.9. The fourth-order valence-corrected chi connectivity index (χ4v) is 1.62. The number of carbonyl (C=O) groups is 3. The van der Waals surface area contributed by atoms with Gasteiger partial charge >= 0.3 is 0 Å². The standard InChI is InChI=1S/C8H20N2.C6H11N3O3.C4H11N.2CH4S/c1-8(10-3)6-4-5-7-9-2;7-5(11)3-9-6(12)1-2-8-4-10;1-2-3-4-5;2*1-2/h8-10H,4-7H2,1-3H3;4H,1-3H2,(H2,7,11)(H,8,10)(H,9,12);2-5H2,1H3;2*2H,1H3. The number of unbranched alkanes of at least 4 members (excludes halogenated alkanes) is 2. The Bertz CT molecular complexity index is 353. The average Bonchev–Trinajstić information content (AvgIpc) is 2.79. The van der Waals surface area contributed by atoms with E-state index in [0.717, 1.165) is 13.1 Å². The minimum atomic E-state index is -0.591. The topological polar surface area (TPSA) is 151 Å². The van der Waals surface area contributed by atoms with Crippen molar-refractivity contribution in [3.63, 3.8) is 0 Å². The molecule has 11 heteroatoms. The lowest BCUT2D eigenvalue weighted by atomic mass is 10.1. The van der Waals surface area contributed by atoms with Crippen LogP contribution >= 0.6 is 25.3 Å². The van der Waals surface area contributed by atoms with Gasteiger partial charge in [0, 0.05) is 19.0 Å². The predicted molar refractivity (Wildman–Crippen MR) is 141 cm³/mol. The van der Waals surface area contributed by atoms with Crippen LogP contribution in [0.5, 0.6) is 0 Å². The van der Waals surface area contributed by atoms with Gasteiger partial charge in [-0.05, 0) is 65.9 Å². The van der Waals surface area contributed by atoms with E-state index >= 15 is 0 Å². The van der Waals surface area contributed by atoms with Crippen LogP contribution in [0.2, 0.25) is 0 Å². The third-order valence-corrected chi connectivity index (χ3v) is 3.40. The summed E-state index contributed by atoms with van der Waals surface area (Å²) in [5.74, 6) is -0.908. The Morgan fingerprint density at radius 2 is 1.61 bits per heavy atom. The van der Waals surface area contributed by atoms with Crippen LogP contribution in [0.1, 0.15) is 52.4 Å². The fourth-order valence-electron chi connectivity index (χ4n) is 1.62. The van der Waals surface area contributed by atoms with E-state index in [1.54, 1.807) is 12.5 Å². The first-order valence-corrected chi connectivity index (χ1v) is 12.3. The van der Waals surface area contributed by atoms with E-state index in [1.807, 2.05) is 14.1 Å². The Balaban J connectivity index is -0.000000107. The molecule has 190 valence electrons. The second-order valence-electron chi connectivity index (χ2n) is 6.00. The van der Waals surface area contributed by atoms with Crippen LogP contribution in [0, 0.1) is 0 Å². The number of amides is 3. The smallest absolute Gasteiger partial charge is 0.236 e. The summed E-state index contributed by atoms with van der Waals surface area (Å²) in [6.07, 6.45) is 10.3. The normalized spacial score (nSPS) is 9.45. The number of hydrogen-bond acceptors (Lipinski definition) is 8. The summed E-state index contributed by atoms with van der Waals surface area (Å²) >= 11 is 7.06. The van der Waals surface area contributed by atoms with E-state index in [9.17, 15) is 14.4 Å². The maximum absolute atomic E-state index is 10.7. The van der Waals surface area contributed by atoms with Crippen molar-refractivity contribution in [3.05, 3.63) is 0 Å².